The Morgan fingerprint density at radius 3 is 2.71 bits per heavy atom. The molecule has 9 nitrogen and oxygen atoms in total. The highest BCUT2D eigenvalue weighted by molar-refractivity contribution is 7.99. The van der Waals surface area contributed by atoms with Crippen LogP contribution in [0.1, 0.15) is 23.8 Å². The first kappa shape index (κ1) is 21.8. The van der Waals surface area contributed by atoms with Crippen LogP contribution in [0.2, 0.25) is 5.02 Å². The fourth-order valence-electron chi connectivity index (χ4n) is 3.86. The summed E-state index contributed by atoms with van der Waals surface area (Å²) in [5.74, 6) is 2.15. The first-order valence-electron chi connectivity index (χ1n) is 10.7. The zero-order valence-corrected chi connectivity index (χ0v) is 19.7. The first-order chi connectivity index (χ1) is 17.1. The summed E-state index contributed by atoms with van der Waals surface area (Å²) in [6, 6.07) is 16.1. The molecule has 0 aliphatic carbocycles. The second kappa shape index (κ2) is 9.12. The first-order valence-corrected chi connectivity index (χ1v) is 12.1. The van der Waals surface area contributed by atoms with Gasteiger partial charge in [0.05, 0.1) is 17.7 Å². The maximum Gasteiger partial charge on any atom is 0.277 e. The Balaban J connectivity index is 1.17. The van der Waals surface area contributed by atoms with E-state index in [-0.39, 0.29) is 29.7 Å². The Morgan fingerprint density at radius 1 is 1.06 bits per heavy atom. The monoisotopic (exact) mass is 508 g/mol. The number of hydrogen-bond donors (Lipinski definition) is 0. The Bertz CT molecular complexity index is 1400. The number of benzene rings is 2. The van der Waals surface area contributed by atoms with E-state index in [4.69, 9.17) is 29.9 Å². The van der Waals surface area contributed by atoms with Gasteiger partial charge >= 0.3 is 0 Å². The lowest BCUT2D eigenvalue weighted by molar-refractivity contribution is -0.130. The molecule has 0 unspecified atom stereocenters. The summed E-state index contributed by atoms with van der Waals surface area (Å²) in [6.07, 6.45) is 2.11. The van der Waals surface area contributed by atoms with Gasteiger partial charge in [-0.3, -0.25) is 4.79 Å². The number of carbonyl (C=O) groups is 1. The number of fused-ring (bicyclic) bond motifs is 1. The molecule has 176 valence electrons. The van der Waals surface area contributed by atoms with Gasteiger partial charge in [0.2, 0.25) is 12.7 Å². The average molecular weight is 509 g/mol. The summed E-state index contributed by atoms with van der Waals surface area (Å²) >= 11 is 7.17. The van der Waals surface area contributed by atoms with Crippen molar-refractivity contribution in [3.8, 4) is 23.0 Å². The van der Waals surface area contributed by atoms with Crippen LogP contribution in [0.15, 0.2) is 80.0 Å². The molecule has 1 amide bonds. The van der Waals surface area contributed by atoms with Gasteiger partial charge in [0.25, 0.3) is 11.1 Å². The molecule has 0 spiro atoms. The normalized spacial score (nSPS) is 16.5. The Kier molecular flexibility index (Phi) is 5.67. The molecule has 4 aromatic rings. The molecule has 1 atom stereocenters. The molecule has 4 heterocycles. The smallest absolute Gasteiger partial charge is 0.277 e. The second-order valence-corrected chi connectivity index (χ2v) is 9.12. The van der Waals surface area contributed by atoms with Crippen molar-refractivity contribution < 1.29 is 23.1 Å². The highest BCUT2D eigenvalue weighted by Gasteiger charge is 2.35. The van der Waals surface area contributed by atoms with Crippen LogP contribution in [0.3, 0.4) is 0 Å². The zero-order chi connectivity index (χ0) is 23.8. The Labute approximate surface area is 208 Å². The topological polar surface area (TPSA) is 103 Å². The highest BCUT2D eigenvalue weighted by atomic mass is 35.5. The van der Waals surface area contributed by atoms with Crippen molar-refractivity contribution >= 4 is 35.0 Å². The van der Waals surface area contributed by atoms with Gasteiger partial charge in [0.1, 0.15) is 11.8 Å². The van der Waals surface area contributed by atoms with Crippen molar-refractivity contribution in [3.63, 3.8) is 0 Å². The fraction of sp³-hybridized carbons (Fsp3) is 0.167. The van der Waals surface area contributed by atoms with E-state index in [0.29, 0.717) is 40.2 Å². The molecule has 0 fully saturated rings. The zero-order valence-electron chi connectivity index (χ0n) is 18.1. The van der Waals surface area contributed by atoms with Crippen LogP contribution in [-0.4, -0.2) is 39.4 Å². The van der Waals surface area contributed by atoms with Gasteiger partial charge < -0.3 is 18.3 Å². The third-order valence-electron chi connectivity index (χ3n) is 5.56. The lowest BCUT2D eigenvalue weighted by atomic mass is 10.0. The van der Waals surface area contributed by atoms with Gasteiger partial charge in [-0.25, -0.2) is 5.01 Å². The lowest BCUT2D eigenvalue weighted by Crippen LogP contribution is -2.28. The third-order valence-corrected chi connectivity index (χ3v) is 6.62. The number of halogens is 1. The van der Waals surface area contributed by atoms with Crippen LogP contribution < -0.4 is 9.47 Å². The van der Waals surface area contributed by atoms with Crippen molar-refractivity contribution in [2.24, 2.45) is 5.10 Å². The molecule has 0 bridgehead atoms. The molecule has 0 radical (unpaired) electrons. The van der Waals surface area contributed by atoms with Crippen molar-refractivity contribution in [2.75, 3.05) is 12.5 Å². The van der Waals surface area contributed by atoms with Crippen molar-refractivity contribution in [1.29, 1.82) is 0 Å². The van der Waals surface area contributed by atoms with E-state index in [9.17, 15) is 4.79 Å². The van der Waals surface area contributed by atoms with Crippen LogP contribution in [0, 0.1) is 0 Å². The van der Waals surface area contributed by atoms with Crippen LogP contribution in [0.5, 0.6) is 11.5 Å². The number of furan rings is 1. The highest BCUT2D eigenvalue weighted by Crippen LogP contribution is 2.37. The molecule has 35 heavy (non-hydrogen) atoms. The molecule has 6 rings (SSSR count). The van der Waals surface area contributed by atoms with Gasteiger partial charge in [-0.05, 0) is 48.0 Å². The molecule has 2 aromatic heterocycles. The van der Waals surface area contributed by atoms with E-state index >= 15 is 0 Å². The number of nitrogens with zero attached hydrogens (tertiary/aromatic N) is 4. The average Bonchev–Trinajstić information content (AvgIpc) is 3.68. The summed E-state index contributed by atoms with van der Waals surface area (Å²) < 4.78 is 22.1. The number of hydrazone groups is 1. The molecule has 0 saturated carbocycles. The number of rotatable bonds is 6. The molecule has 2 aliphatic rings. The molecule has 2 aliphatic heterocycles. The minimum Gasteiger partial charge on any atom is -0.467 e. The molecular weight excluding hydrogens is 492 g/mol. The second-order valence-electron chi connectivity index (χ2n) is 7.76. The van der Waals surface area contributed by atoms with E-state index in [0.717, 1.165) is 23.0 Å². The minimum absolute atomic E-state index is 0.0668. The third kappa shape index (κ3) is 4.38. The number of amides is 1. The van der Waals surface area contributed by atoms with Crippen LogP contribution in [0.4, 0.5) is 0 Å². The summed E-state index contributed by atoms with van der Waals surface area (Å²) in [7, 11) is 0. The van der Waals surface area contributed by atoms with Gasteiger partial charge in [-0.15, -0.1) is 10.2 Å². The predicted molar refractivity (Wildman–Crippen MR) is 127 cm³/mol. The predicted octanol–water partition coefficient (Wildman–Crippen LogP) is 5.18. The summed E-state index contributed by atoms with van der Waals surface area (Å²) in [5, 5.41) is 15.1. The van der Waals surface area contributed by atoms with Crippen molar-refractivity contribution in [2.45, 2.75) is 17.7 Å². The van der Waals surface area contributed by atoms with E-state index in [1.807, 2.05) is 24.3 Å². The number of carbonyl (C=O) groups excluding carboxylic acids is 1. The SMILES string of the molecule is O=C(CSc1nnc(-c2ccc3c(c2)OCO3)o1)N1N=C(c2ccc(Cl)cc2)C[C@@H]1c1ccco1. The van der Waals surface area contributed by atoms with Gasteiger partial charge in [-0.2, -0.15) is 5.10 Å². The molecule has 2 aromatic carbocycles. The van der Waals surface area contributed by atoms with Crippen molar-refractivity contribution in [1.82, 2.24) is 15.2 Å². The Hall–Kier alpha value is -3.76. The molecular formula is C24H17ClN4O5S. The number of thioether (sulfide) groups is 1. The number of aromatic nitrogens is 2. The maximum absolute atomic E-state index is 13.2. The standard InChI is InChI=1S/C24H17ClN4O5S/c25-16-6-3-14(4-7-16)17-11-18(19-2-1-9-31-19)29(28-17)22(30)12-35-24-27-26-23(34-24)15-5-8-20-21(10-15)33-13-32-20/h1-10,18H,11-13H2/t18-/m1/s1. The number of ether oxygens (including phenoxy) is 2. The summed E-state index contributed by atoms with van der Waals surface area (Å²) in [5.41, 5.74) is 2.39. The van der Waals surface area contributed by atoms with Crippen LogP contribution in [0.25, 0.3) is 11.5 Å². The molecule has 0 N–H and O–H groups in total. The Morgan fingerprint density at radius 2 is 1.89 bits per heavy atom. The van der Waals surface area contributed by atoms with Gasteiger partial charge in [0.15, 0.2) is 11.5 Å². The number of hydrogen-bond acceptors (Lipinski definition) is 9. The van der Waals surface area contributed by atoms with E-state index in [2.05, 4.69) is 15.3 Å². The molecule has 11 heteroatoms. The van der Waals surface area contributed by atoms with E-state index in [1.165, 1.54) is 5.01 Å². The van der Waals surface area contributed by atoms with Crippen LogP contribution in [-0.2, 0) is 4.79 Å². The van der Waals surface area contributed by atoms with Crippen molar-refractivity contribution in [3.05, 3.63) is 77.2 Å². The van der Waals surface area contributed by atoms with E-state index in [1.54, 1.807) is 36.6 Å². The summed E-state index contributed by atoms with van der Waals surface area (Å²) in [4.78, 5) is 13.2. The fourth-order valence-corrected chi connectivity index (χ4v) is 4.61. The van der Waals surface area contributed by atoms with Gasteiger partial charge in [-0.1, -0.05) is 35.5 Å². The largest absolute Gasteiger partial charge is 0.467 e. The molecule has 0 saturated heterocycles. The quantitative estimate of drug-likeness (QED) is 0.328. The summed E-state index contributed by atoms with van der Waals surface area (Å²) in [6.45, 7) is 0.184. The minimum atomic E-state index is -0.337. The van der Waals surface area contributed by atoms with E-state index < -0.39 is 0 Å². The van der Waals surface area contributed by atoms with Crippen LogP contribution >= 0.6 is 23.4 Å². The maximum atomic E-state index is 13.2. The lowest BCUT2D eigenvalue weighted by Gasteiger charge is -2.19. The van der Waals surface area contributed by atoms with Gasteiger partial charge in [0, 0.05) is 17.0 Å².